The number of carbonyl (C=O) groups is 1. The van der Waals surface area contributed by atoms with E-state index in [-0.39, 0.29) is 11.8 Å². The summed E-state index contributed by atoms with van der Waals surface area (Å²) in [5.41, 5.74) is 7.42. The van der Waals surface area contributed by atoms with Gasteiger partial charge in [0.15, 0.2) is 0 Å². The van der Waals surface area contributed by atoms with E-state index in [1.54, 1.807) is 0 Å². The van der Waals surface area contributed by atoms with Crippen LogP contribution in [0.4, 0.5) is 0 Å². The molecule has 154 valence electrons. The van der Waals surface area contributed by atoms with Gasteiger partial charge in [-0.25, -0.2) is 0 Å². The minimum Gasteiger partial charge on any atom is -0.369 e. The average Bonchev–Trinajstić information content (AvgIpc) is 2.71. The number of hydrogen-bond donors (Lipinski definition) is 1. The molecular weight excluding hydrogens is 344 g/mol. The van der Waals surface area contributed by atoms with Crippen LogP contribution in [-0.2, 0) is 4.79 Å². The summed E-state index contributed by atoms with van der Waals surface area (Å²) in [7, 11) is 0. The molecule has 2 rings (SSSR count). The largest absolute Gasteiger partial charge is 0.369 e. The standard InChI is InChI=1S/C25H38N2O/c1-2-3-4-5-6-7-8-9-10-11-12-13-17-22(25(26)28)24-20-19-21-16-14-15-18-23(21)27-24/h14-16,18-20,22H,2-13,17H2,1H3,(H2,26,28). The van der Waals surface area contributed by atoms with Gasteiger partial charge in [-0.15, -0.1) is 0 Å². The smallest absolute Gasteiger partial charge is 0.226 e. The molecule has 1 amide bonds. The first-order valence-corrected chi connectivity index (χ1v) is 11.4. The molecule has 0 aliphatic rings. The van der Waals surface area contributed by atoms with Crippen molar-refractivity contribution in [3.63, 3.8) is 0 Å². The molecule has 1 atom stereocenters. The van der Waals surface area contributed by atoms with Crippen LogP contribution in [0.25, 0.3) is 10.9 Å². The van der Waals surface area contributed by atoms with Gasteiger partial charge < -0.3 is 5.73 Å². The average molecular weight is 383 g/mol. The van der Waals surface area contributed by atoms with E-state index in [9.17, 15) is 4.79 Å². The molecular formula is C25H38N2O. The Kier molecular flexibility index (Phi) is 10.6. The normalized spacial score (nSPS) is 12.3. The van der Waals surface area contributed by atoms with Gasteiger partial charge in [-0.05, 0) is 18.6 Å². The van der Waals surface area contributed by atoms with Gasteiger partial charge in [0.25, 0.3) is 0 Å². The Labute approximate surface area is 171 Å². The van der Waals surface area contributed by atoms with Crippen LogP contribution in [0.5, 0.6) is 0 Å². The van der Waals surface area contributed by atoms with Crippen LogP contribution in [0.1, 0.15) is 102 Å². The molecule has 1 aromatic carbocycles. The van der Waals surface area contributed by atoms with Gasteiger partial charge in [0.05, 0.1) is 17.1 Å². The molecule has 1 aromatic heterocycles. The Morgan fingerprint density at radius 2 is 1.39 bits per heavy atom. The summed E-state index contributed by atoms with van der Waals surface area (Å²) in [6.07, 6.45) is 16.6. The number of rotatable bonds is 15. The number of aromatic nitrogens is 1. The first kappa shape index (κ1) is 22.4. The molecule has 3 nitrogen and oxygen atoms in total. The number of pyridine rings is 1. The Bertz CT molecular complexity index is 698. The summed E-state index contributed by atoms with van der Waals surface area (Å²) < 4.78 is 0. The predicted molar refractivity (Wildman–Crippen MR) is 119 cm³/mol. The number of amides is 1. The Morgan fingerprint density at radius 1 is 0.821 bits per heavy atom. The molecule has 0 saturated heterocycles. The molecule has 0 saturated carbocycles. The van der Waals surface area contributed by atoms with Gasteiger partial charge in [-0.1, -0.05) is 108 Å². The molecule has 0 aliphatic carbocycles. The number of unbranched alkanes of at least 4 members (excludes halogenated alkanes) is 11. The highest BCUT2D eigenvalue weighted by molar-refractivity contribution is 5.83. The van der Waals surface area contributed by atoms with Gasteiger partial charge in [0, 0.05) is 5.39 Å². The maximum Gasteiger partial charge on any atom is 0.226 e. The lowest BCUT2D eigenvalue weighted by atomic mass is 9.95. The van der Waals surface area contributed by atoms with Gasteiger partial charge in [0.2, 0.25) is 5.91 Å². The SMILES string of the molecule is CCCCCCCCCCCCCCC(C(N)=O)c1ccc2ccccc2n1. The Morgan fingerprint density at radius 3 is 2.00 bits per heavy atom. The van der Waals surface area contributed by atoms with E-state index < -0.39 is 0 Å². The van der Waals surface area contributed by atoms with Crippen molar-refractivity contribution in [2.45, 2.75) is 96.3 Å². The van der Waals surface area contributed by atoms with Gasteiger partial charge >= 0.3 is 0 Å². The summed E-state index contributed by atoms with van der Waals surface area (Å²) in [5, 5.41) is 1.10. The Hall–Kier alpha value is -1.90. The van der Waals surface area contributed by atoms with Crippen molar-refractivity contribution in [3.05, 3.63) is 42.1 Å². The van der Waals surface area contributed by atoms with Crippen molar-refractivity contribution in [1.82, 2.24) is 4.98 Å². The molecule has 0 radical (unpaired) electrons. The van der Waals surface area contributed by atoms with Crippen LogP contribution in [0, 0.1) is 0 Å². The van der Waals surface area contributed by atoms with Crippen LogP contribution < -0.4 is 5.73 Å². The number of benzene rings is 1. The first-order chi connectivity index (χ1) is 13.7. The fourth-order valence-electron chi connectivity index (χ4n) is 3.90. The molecule has 2 aromatic rings. The highest BCUT2D eigenvalue weighted by Gasteiger charge is 2.19. The van der Waals surface area contributed by atoms with E-state index in [2.05, 4.69) is 11.9 Å². The maximum absolute atomic E-state index is 12.0. The van der Waals surface area contributed by atoms with Crippen molar-refractivity contribution < 1.29 is 4.79 Å². The van der Waals surface area contributed by atoms with Gasteiger partial charge in [0.1, 0.15) is 0 Å². The van der Waals surface area contributed by atoms with Crippen LogP contribution >= 0.6 is 0 Å². The van der Waals surface area contributed by atoms with Crippen LogP contribution in [0.15, 0.2) is 36.4 Å². The zero-order chi connectivity index (χ0) is 20.0. The predicted octanol–water partition coefficient (Wildman–Crippen LogP) is 6.89. The number of nitrogens with two attached hydrogens (primary N) is 1. The summed E-state index contributed by atoms with van der Waals surface area (Å²) in [4.78, 5) is 16.6. The minimum absolute atomic E-state index is 0.258. The molecule has 1 unspecified atom stereocenters. The summed E-state index contributed by atoms with van der Waals surface area (Å²) in [6, 6.07) is 12.0. The van der Waals surface area contributed by atoms with Gasteiger partial charge in [-0.2, -0.15) is 0 Å². The third-order valence-electron chi connectivity index (χ3n) is 5.67. The quantitative estimate of drug-likeness (QED) is 0.341. The summed E-state index contributed by atoms with van der Waals surface area (Å²) in [5.74, 6) is -0.529. The maximum atomic E-state index is 12.0. The zero-order valence-electron chi connectivity index (χ0n) is 17.7. The number of para-hydroxylation sites is 1. The third kappa shape index (κ3) is 8.00. The molecule has 0 spiro atoms. The molecule has 0 aliphatic heterocycles. The fraction of sp³-hybridized carbons (Fsp3) is 0.600. The van der Waals surface area contributed by atoms with Gasteiger partial charge in [-0.3, -0.25) is 9.78 Å². The molecule has 0 bridgehead atoms. The monoisotopic (exact) mass is 382 g/mol. The van der Waals surface area contributed by atoms with E-state index in [1.165, 1.54) is 70.6 Å². The zero-order valence-corrected chi connectivity index (χ0v) is 17.7. The summed E-state index contributed by atoms with van der Waals surface area (Å²) in [6.45, 7) is 2.27. The van der Waals surface area contributed by atoms with Crippen LogP contribution in [0.2, 0.25) is 0 Å². The van der Waals surface area contributed by atoms with Crippen LogP contribution in [-0.4, -0.2) is 10.9 Å². The second-order valence-electron chi connectivity index (χ2n) is 8.06. The molecule has 2 N–H and O–H groups in total. The lowest BCUT2D eigenvalue weighted by Crippen LogP contribution is -2.22. The van der Waals surface area contributed by atoms with Crippen molar-refractivity contribution >= 4 is 16.8 Å². The highest BCUT2D eigenvalue weighted by Crippen LogP contribution is 2.24. The molecule has 1 heterocycles. The molecule has 28 heavy (non-hydrogen) atoms. The highest BCUT2D eigenvalue weighted by atomic mass is 16.1. The minimum atomic E-state index is -0.271. The topological polar surface area (TPSA) is 56.0 Å². The van der Waals surface area contributed by atoms with E-state index in [4.69, 9.17) is 5.73 Å². The number of primary amides is 1. The van der Waals surface area contributed by atoms with Crippen molar-refractivity contribution in [2.75, 3.05) is 0 Å². The van der Waals surface area contributed by atoms with E-state index >= 15 is 0 Å². The second kappa shape index (κ2) is 13.3. The fourth-order valence-corrected chi connectivity index (χ4v) is 3.90. The van der Waals surface area contributed by atoms with Crippen LogP contribution in [0.3, 0.4) is 0 Å². The molecule has 3 heteroatoms. The second-order valence-corrected chi connectivity index (χ2v) is 8.06. The third-order valence-corrected chi connectivity index (χ3v) is 5.67. The van der Waals surface area contributed by atoms with E-state index in [1.807, 2.05) is 36.4 Å². The van der Waals surface area contributed by atoms with Crippen molar-refractivity contribution in [1.29, 1.82) is 0 Å². The number of hydrogen-bond acceptors (Lipinski definition) is 2. The number of carbonyl (C=O) groups excluding carboxylic acids is 1. The van der Waals surface area contributed by atoms with E-state index in [0.29, 0.717) is 0 Å². The molecule has 0 fully saturated rings. The lowest BCUT2D eigenvalue weighted by Gasteiger charge is -2.13. The van der Waals surface area contributed by atoms with E-state index in [0.717, 1.165) is 29.4 Å². The van der Waals surface area contributed by atoms with Crippen molar-refractivity contribution in [3.8, 4) is 0 Å². The number of fused-ring (bicyclic) bond motifs is 1. The first-order valence-electron chi connectivity index (χ1n) is 11.4. The van der Waals surface area contributed by atoms with Crippen molar-refractivity contribution in [2.24, 2.45) is 5.73 Å². The number of nitrogens with zero attached hydrogens (tertiary/aromatic N) is 1. The lowest BCUT2D eigenvalue weighted by molar-refractivity contribution is -0.119. The Balaban J connectivity index is 1.62. The summed E-state index contributed by atoms with van der Waals surface area (Å²) >= 11 is 0.